The molecule has 0 fully saturated rings. The van der Waals surface area contributed by atoms with Crippen molar-refractivity contribution in [3.8, 4) is 0 Å². The van der Waals surface area contributed by atoms with Crippen LogP contribution in [0.25, 0.3) is 0 Å². The molecule has 0 saturated heterocycles. The minimum absolute atomic E-state index is 0.0831. The van der Waals surface area contributed by atoms with Crippen LogP contribution in [-0.4, -0.2) is 5.11 Å². The van der Waals surface area contributed by atoms with Crippen LogP contribution in [0.3, 0.4) is 0 Å². The first kappa shape index (κ1) is 13.6. The van der Waals surface area contributed by atoms with Crippen molar-refractivity contribution in [3.05, 3.63) is 70.5 Å². The summed E-state index contributed by atoms with van der Waals surface area (Å²) in [5, 5.41) is 10.5. The standard InChI is InChI=1S/C15H13F3O/c1-9-5-11(16)3-4-14(9)15(2,19)10-6-12(17)8-13(18)7-10/h3-8,19H,1-2H3. The van der Waals surface area contributed by atoms with Gasteiger partial charge in [0.1, 0.15) is 23.1 Å². The van der Waals surface area contributed by atoms with Gasteiger partial charge in [-0.25, -0.2) is 13.2 Å². The van der Waals surface area contributed by atoms with Crippen LogP contribution in [0.5, 0.6) is 0 Å². The highest BCUT2D eigenvalue weighted by molar-refractivity contribution is 5.40. The minimum atomic E-state index is -1.60. The van der Waals surface area contributed by atoms with Crippen LogP contribution in [0.15, 0.2) is 36.4 Å². The average molecular weight is 266 g/mol. The molecular weight excluding hydrogens is 253 g/mol. The van der Waals surface area contributed by atoms with Gasteiger partial charge < -0.3 is 5.11 Å². The van der Waals surface area contributed by atoms with Gasteiger partial charge in [-0.2, -0.15) is 0 Å². The molecular formula is C15H13F3O. The third-order valence-electron chi connectivity index (χ3n) is 3.14. The zero-order chi connectivity index (χ0) is 14.2. The van der Waals surface area contributed by atoms with E-state index in [1.807, 2.05) is 0 Å². The number of aliphatic hydroxyl groups is 1. The quantitative estimate of drug-likeness (QED) is 0.879. The molecule has 1 nitrogen and oxygen atoms in total. The van der Waals surface area contributed by atoms with Gasteiger partial charge >= 0.3 is 0 Å². The molecule has 0 aliphatic heterocycles. The summed E-state index contributed by atoms with van der Waals surface area (Å²) < 4.78 is 39.5. The lowest BCUT2D eigenvalue weighted by Gasteiger charge is -2.26. The molecule has 100 valence electrons. The van der Waals surface area contributed by atoms with Crippen molar-refractivity contribution >= 4 is 0 Å². The maximum Gasteiger partial charge on any atom is 0.126 e. The molecule has 0 heterocycles. The molecule has 4 heteroatoms. The zero-order valence-corrected chi connectivity index (χ0v) is 10.5. The van der Waals surface area contributed by atoms with Crippen LogP contribution < -0.4 is 0 Å². The summed E-state index contributed by atoms with van der Waals surface area (Å²) in [5.74, 6) is -1.97. The Labute approximate surface area is 109 Å². The molecule has 19 heavy (non-hydrogen) atoms. The Bertz CT molecular complexity index is 601. The number of halogens is 3. The largest absolute Gasteiger partial charge is 0.381 e. The maximum absolute atomic E-state index is 13.2. The fourth-order valence-corrected chi connectivity index (χ4v) is 2.16. The molecule has 1 atom stereocenters. The molecule has 0 radical (unpaired) electrons. The molecule has 0 aliphatic carbocycles. The second-order valence-corrected chi connectivity index (χ2v) is 4.69. The van der Waals surface area contributed by atoms with Crippen LogP contribution in [-0.2, 0) is 5.60 Å². The fourth-order valence-electron chi connectivity index (χ4n) is 2.16. The summed E-state index contributed by atoms with van der Waals surface area (Å²) in [4.78, 5) is 0. The van der Waals surface area contributed by atoms with Gasteiger partial charge in [0, 0.05) is 6.07 Å². The number of rotatable bonds is 2. The monoisotopic (exact) mass is 266 g/mol. The predicted molar refractivity (Wildman–Crippen MR) is 66.2 cm³/mol. The van der Waals surface area contributed by atoms with Gasteiger partial charge in [-0.15, -0.1) is 0 Å². The lowest BCUT2D eigenvalue weighted by Crippen LogP contribution is -2.24. The van der Waals surface area contributed by atoms with Crippen molar-refractivity contribution < 1.29 is 18.3 Å². The van der Waals surface area contributed by atoms with Gasteiger partial charge in [0.2, 0.25) is 0 Å². The highest BCUT2D eigenvalue weighted by atomic mass is 19.1. The summed E-state index contributed by atoms with van der Waals surface area (Å²) >= 11 is 0. The van der Waals surface area contributed by atoms with E-state index in [1.54, 1.807) is 6.92 Å². The van der Waals surface area contributed by atoms with Crippen molar-refractivity contribution in [2.24, 2.45) is 0 Å². The molecule has 0 aliphatic rings. The summed E-state index contributed by atoms with van der Waals surface area (Å²) in [5.41, 5.74) is -0.603. The van der Waals surface area contributed by atoms with Crippen molar-refractivity contribution in [1.82, 2.24) is 0 Å². The Hall–Kier alpha value is -1.81. The van der Waals surface area contributed by atoms with E-state index in [4.69, 9.17) is 0 Å². The number of aryl methyl sites for hydroxylation is 1. The van der Waals surface area contributed by atoms with Gasteiger partial charge in [0.25, 0.3) is 0 Å². The second kappa shape index (κ2) is 4.70. The van der Waals surface area contributed by atoms with E-state index >= 15 is 0 Å². The lowest BCUT2D eigenvalue weighted by atomic mass is 9.85. The van der Waals surface area contributed by atoms with E-state index in [-0.39, 0.29) is 5.56 Å². The topological polar surface area (TPSA) is 20.2 Å². The third kappa shape index (κ3) is 2.63. The highest BCUT2D eigenvalue weighted by Gasteiger charge is 2.28. The van der Waals surface area contributed by atoms with Gasteiger partial charge in [-0.05, 0) is 54.8 Å². The first-order valence-corrected chi connectivity index (χ1v) is 5.76. The van der Waals surface area contributed by atoms with Crippen molar-refractivity contribution in [2.75, 3.05) is 0 Å². The summed E-state index contributed by atoms with van der Waals surface area (Å²) in [6, 6.07) is 6.73. The van der Waals surface area contributed by atoms with Crippen molar-refractivity contribution in [3.63, 3.8) is 0 Å². The van der Waals surface area contributed by atoms with E-state index in [0.717, 1.165) is 18.2 Å². The maximum atomic E-state index is 13.2. The molecule has 0 saturated carbocycles. The molecule has 0 aromatic heterocycles. The van der Waals surface area contributed by atoms with Gasteiger partial charge in [0.15, 0.2) is 0 Å². The first-order chi connectivity index (χ1) is 8.80. The van der Waals surface area contributed by atoms with Crippen LogP contribution in [0.4, 0.5) is 13.2 Å². The molecule has 0 amide bonds. The number of hydrogen-bond acceptors (Lipinski definition) is 1. The second-order valence-electron chi connectivity index (χ2n) is 4.69. The van der Waals surface area contributed by atoms with E-state index in [0.29, 0.717) is 11.1 Å². The number of hydrogen-bond donors (Lipinski definition) is 1. The van der Waals surface area contributed by atoms with E-state index in [1.165, 1.54) is 25.1 Å². The van der Waals surface area contributed by atoms with Crippen molar-refractivity contribution in [1.29, 1.82) is 0 Å². The summed E-state index contributed by atoms with van der Waals surface area (Å²) in [6.45, 7) is 3.05. The van der Waals surface area contributed by atoms with Gasteiger partial charge in [0.05, 0.1) is 0 Å². The SMILES string of the molecule is Cc1cc(F)ccc1C(C)(O)c1cc(F)cc(F)c1. The Morgan fingerprint density at radius 2 is 1.47 bits per heavy atom. The Morgan fingerprint density at radius 3 is 2.00 bits per heavy atom. The molecule has 0 bridgehead atoms. The highest BCUT2D eigenvalue weighted by Crippen LogP contribution is 2.32. The summed E-state index contributed by atoms with van der Waals surface area (Å²) in [7, 11) is 0. The molecule has 1 unspecified atom stereocenters. The molecule has 0 spiro atoms. The smallest absolute Gasteiger partial charge is 0.126 e. The Morgan fingerprint density at radius 1 is 0.895 bits per heavy atom. The zero-order valence-electron chi connectivity index (χ0n) is 10.5. The van der Waals surface area contributed by atoms with E-state index < -0.39 is 23.1 Å². The first-order valence-electron chi connectivity index (χ1n) is 5.76. The Kier molecular flexibility index (Phi) is 3.37. The lowest BCUT2D eigenvalue weighted by molar-refractivity contribution is 0.101. The van der Waals surface area contributed by atoms with E-state index in [2.05, 4.69) is 0 Å². The molecule has 2 aromatic carbocycles. The molecule has 2 aromatic rings. The predicted octanol–water partition coefficient (Wildman–Crippen LogP) is 3.67. The van der Waals surface area contributed by atoms with Crippen LogP contribution >= 0.6 is 0 Å². The Balaban J connectivity index is 2.57. The minimum Gasteiger partial charge on any atom is -0.381 e. The van der Waals surface area contributed by atoms with Crippen LogP contribution in [0.1, 0.15) is 23.6 Å². The molecule has 1 N–H and O–H groups in total. The van der Waals surface area contributed by atoms with E-state index in [9.17, 15) is 18.3 Å². The van der Waals surface area contributed by atoms with Crippen LogP contribution in [0.2, 0.25) is 0 Å². The average Bonchev–Trinajstić information content (AvgIpc) is 2.26. The van der Waals surface area contributed by atoms with Crippen LogP contribution in [0, 0.1) is 24.4 Å². The molecule has 2 rings (SSSR count). The third-order valence-corrected chi connectivity index (χ3v) is 3.14. The van der Waals surface area contributed by atoms with Gasteiger partial charge in [-0.1, -0.05) is 6.07 Å². The van der Waals surface area contributed by atoms with Gasteiger partial charge in [-0.3, -0.25) is 0 Å². The number of benzene rings is 2. The normalized spacial score (nSPS) is 14.2. The summed E-state index contributed by atoms with van der Waals surface area (Å²) in [6.07, 6.45) is 0. The van der Waals surface area contributed by atoms with Crippen molar-refractivity contribution in [2.45, 2.75) is 19.4 Å². The fraction of sp³-hybridized carbons (Fsp3) is 0.200.